The third-order valence-corrected chi connectivity index (χ3v) is 4.75. The van der Waals surface area contributed by atoms with Crippen molar-refractivity contribution in [2.24, 2.45) is 0 Å². The Balaban J connectivity index is 1.40. The topological polar surface area (TPSA) is 51.2 Å². The van der Waals surface area contributed by atoms with Gasteiger partial charge in [0.25, 0.3) is 0 Å². The minimum atomic E-state index is -0.490. The lowest BCUT2D eigenvalue weighted by Crippen LogP contribution is -2.43. The summed E-state index contributed by atoms with van der Waals surface area (Å²) < 4.78 is 17.0. The quantitative estimate of drug-likeness (QED) is 0.813. The fourth-order valence-electron chi connectivity index (χ4n) is 3.21. The van der Waals surface area contributed by atoms with Crippen LogP contribution in [0.15, 0.2) is 24.3 Å². The summed E-state index contributed by atoms with van der Waals surface area (Å²) in [6.07, 6.45) is 1.90. The first-order chi connectivity index (χ1) is 11.7. The first kappa shape index (κ1) is 18.1. The predicted molar refractivity (Wildman–Crippen MR) is 92.4 cm³/mol. The third-order valence-electron chi connectivity index (χ3n) is 4.50. The second-order valence-corrected chi connectivity index (χ2v) is 6.93. The number of halogens is 1. The summed E-state index contributed by atoms with van der Waals surface area (Å²) in [6, 6.07) is 7.76. The lowest BCUT2D eigenvalue weighted by atomic mass is 10.1. The summed E-state index contributed by atoms with van der Waals surface area (Å²) >= 11 is 5.94. The van der Waals surface area contributed by atoms with Gasteiger partial charge in [0.15, 0.2) is 0 Å². The number of ether oxygens (including phenoxy) is 3. The smallest absolute Gasteiger partial charge is 0.0952 e. The lowest BCUT2D eigenvalue weighted by molar-refractivity contribution is -0.0594. The van der Waals surface area contributed by atoms with Crippen LogP contribution in [0.25, 0.3) is 0 Å². The van der Waals surface area contributed by atoms with E-state index in [0.717, 1.165) is 43.1 Å². The molecule has 0 radical (unpaired) electrons. The number of rotatable bonds is 7. The molecule has 0 aromatic heterocycles. The minimum Gasteiger partial charge on any atom is -0.389 e. The first-order valence-electron chi connectivity index (χ1n) is 8.67. The number of aliphatic hydroxyl groups is 1. The van der Waals surface area contributed by atoms with E-state index in [9.17, 15) is 5.11 Å². The van der Waals surface area contributed by atoms with Crippen LogP contribution in [0.3, 0.4) is 0 Å². The summed E-state index contributed by atoms with van der Waals surface area (Å²) in [6.45, 7) is 4.61. The Morgan fingerprint density at radius 2 is 2.08 bits per heavy atom. The molecule has 0 saturated carbocycles. The van der Waals surface area contributed by atoms with Crippen molar-refractivity contribution < 1.29 is 19.3 Å². The van der Waals surface area contributed by atoms with Crippen LogP contribution >= 0.6 is 11.6 Å². The maximum atomic E-state index is 10.2. The van der Waals surface area contributed by atoms with Gasteiger partial charge in [0, 0.05) is 31.3 Å². The van der Waals surface area contributed by atoms with Gasteiger partial charge in [-0.25, -0.2) is 0 Å². The highest BCUT2D eigenvalue weighted by Crippen LogP contribution is 2.23. The Morgan fingerprint density at radius 1 is 1.25 bits per heavy atom. The van der Waals surface area contributed by atoms with Gasteiger partial charge >= 0.3 is 0 Å². The second-order valence-electron chi connectivity index (χ2n) is 6.50. The van der Waals surface area contributed by atoms with Gasteiger partial charge in [0.1, 0.15) is 0 Å². The van der Waals surface area contributed by atoms with Crippen LogP contribution in [0.4, 0.5) is 0 Å². The van der Waals surface area contributed by atoms with Crippen molar-refractivity contribution in [3.63, 3.8) is 0 Å². The van der Waals surface area contributed by atoms with Crippen molar-refractivity contribution in [3.8, 4) is 0 Å². The van der Waals surface area contributed by atoms with Gasteiger partial charge in [-0.2, -0.15) is 0 Å². The zero-order chi connectivity index (χ0) is 16.8. The molecular formula is C18H26ClNO4. The van der Waals surface area contributed by atoms with Crippen LogP contribution in [0.2, 0.25) is 5.02 Å². The molecule has 0 aliphatic carbocycles. The molecule has 134 valence electrons. The average Bonchev–Trinajstić information content (AvgIpc) is 3.09. The average molecular weight is 356 g/mol. The number of benzene rings is 1. The summed E-state index contributed by atoms with van der Waals surface area (Å²) in [5.41, 5.74) is 1.12. The van der Waals surface area contributed by atoms with Crippen molar-refractivity contribution >= 4 is 11.6 Å². The van der Waals surface area contributed by atoms with Crippen molar-refractivity contribution in [1.82, 2.24) is 4.90 Å². The molecule has 6 heteroatoms. The molecule has 3 rings (SSSR count). The van der Waals surface area contributed by atoms with Crippen LogP contribution in [0, 0.1) is 0 Å². The van der Waals surface area contributed by atoms with E-state index in [0.29, 0.717) is 26.4 Å². The number of nitrogens with zero attached hydrogens (tertiary/aromatic N) is 1. The largest absolute Gasteiger partial charge is 0.389 e. The highest BCUT2D eigenvalue weighted by atomic mass is 35.5. The zero-order valence-corrected chi connectivity index (χ0v) is 14.7. The second kappa shape index (κ2) is 9.13. The van der Waals surface area contributed by atoms with Crippen LogP contribution in [0.1, 0.15) is 24.5 Å². The highest BCUT2D eigenvalue weighted by molar-refractivity contribution is 6.30. The highest BCUT2D eigenvalue weighted by Gasteiger charge is 2.24. The van der Waals surface area contributed by atoms with E-state index in [-0.39, 0.29) is 12.2 Å². The van der Waals surface area contributed by atoms with Gasteiger partial charge in [-0.15, -0.1) is 0 Å². The maximum Gasteiger partial charge on any atom is 0.0952 e. The van der Waals surface area contributed by atoms with E-state index in [1.807, 2.05) is 24.3 Å². The normalized spacial score (nSPS) is 26.6. The third kappa shape index (κ3) is 5.41. The molecule has 0 spiro atoms. The zero-order valence-electron chi connectivity index (χ0n) is 13.9. The van der Waals surface area contributed by atoms with Crippen LogP contribution in [-0.2, 0) is 14.2 Å². The van der Waals surface area contributed by atoms with Gasteiger partial charge < -0.3 is 19.3 Å². The van der Waals surface area contributed by atoms with Crippen LogP contribution < -0.4 is 0 Å². The van der Waals surface area contributed by atoms with E-state index in [1.165, 1.54) is 0 Å². The van der Waals surface area contributed by atoms with E-state index in [4.69, 9.17) is 25.8 Å². The molecule has 0 amide bonds. The molecule has 2 aliphatic heterocycles. The Bertz CT molecular complexity index is 492. The van der Waals surface area contributed by atoms with Crippen molar-refractivity contribution in [1.29, 1.82) is 0 Å². The van der Waals surface area contributed by atoms with E-state index in [2.05, 4.69) is 4.90 Å². The van der Waals surface area contributed by atoms with Gasteiger partial charge in [0.2, 0.25) is 0 Å². The lowest BCUT2D eigenvalue weighted by Gasteiger charge is -2.34. The Hall–Kier alpha value is -0.690. The molecule has 2 heterocycles. The summed E-state index contributed by atoms with van der Waals surface area (Å²) in [5, 5.41) is 10.9. The van der Waals surface area contributed by atoms with E-state index < -0.39 is 6.10 Å². The van der Waals surface area contributed by atoms with Crippen LogP contribution in [0.5, 0.6) is 0 Å². The first-order valence-corrected chi connectivity index (χ1v) is 9.05. The van der Waals surface area contributed by atoms with E-state index >= 15 is 0 Å². The molecule has 2 aliphatic rings. The van der Waals surface area contributed by atoms with E-state index in [1.54, 1.807) is 0 Å². The van der Waals surface area contributed by atoms with Gasteiger partial charge in [-0.05, 0) is 30.5 Å². The molecule has 5 nitrogen and oxygen atoms in total. The van der Waals surface area contributed by atoms with Gasteiger partial charge in [0.05, 0.1) is 38.1 Å². The molecule has 1 aromatic carbocycles. The van der Waals surface area contributed by atoms with Crippen LogP contribution in [-0.4, -0.2) is 68.3 Å². The maximum absolute atomic E-state index is 10.2. The molecule has 1 aromatic rings. The number of β-amino-alcohol motifs (C(OH)–C–C–N with tert-alkyl or cyclic N) is 1. The minimum absolute atomic E-state index is 0.0241. The number of aliphatic hydroxyl groups excluding tert-OH is 1. The number of hydrogen-bond acceptors (Lipinski definition) is 5. The Labute approximate surface area is 148 Å². The number of morpholine rings is 1. The van der Waals surface area contributed by atoms with Crippen molar-refractivity contribution in [2.75, 3.05) is 46.1 Å². The fourth-order valence-corrected chi connectivity index (χ4v) is 3.34. The molecule has 3 atom stereocenters. The summed E-state index contributed by atoms with van der Waals surface area (Å²) in [7, 11) is 0. The molecule has 1 N–H and O–H groups in total. The number of hydrogen-bond donors (Lipinski definition) is 1. The monoisotopic (exact) mass is 355 g/mol. The van der Waals surface area contributed by atoms with Gasteiger partial charge in [-0.1, -0.05) is 23.7 Å². The summed E-state index contributed by atoms with van der Waals surface area (Å²) in [4.78, 5) is 2.23. The SMILES string of the molecule is OC(COCC1CCCO1)CN1CCOC(c2ccc(Cl)cc2)C1. The molecule has 2 saturated heterocycles. The molecular weight excluding hydrogens is 330 g/mol. The van der Waals surface area contributed by atoms with Crippen molar-refractivity contribution in [3.05, 3.63) is 34.9 Å². The molecule has 3 unspecified atom stereocenters. The standard InChI is InChI=1S/C18H26ClNO4/c19-15-5-3-14(4-6-15)18-11-20(7-9-24-18)10-16(21)12-22-13-17-2-1-8-23-17/h3-6,16-18,21H,1-2,7-13H2. The van der Waals surface area contributed by atoms with Gasteiger partial charge in [-0.3, -0.25) is 4.90 Å². The predicted octanol–water partition coefficient (Wildman–Crippen LogP) is 2.27. The molecule has 24 heavy (non-hydrogen) atoms. The Kier molecular flexibility index (Phi) is 6.89. The molecule has 2 fully saturated rings. The summed E-state index contributed by atoms with van der Waals surface area (Å²) in [5.74, 6) is 0. The Morgan fingerprint density at radius 3 is 2.83 bits per heavy atom. The fraction of sp³-hybridized carbons (Fsp3) is 0.667. The molecule has 0 bridgehead atoms. The van der Waals surface area contributed by atoms with Crippen molar-refractivity contribution in [2.45, 2.75) is 31.2 Å².